The Bertz CT molecular complexity index is 958. The van der Waals surface area contributed by atoms with Gasteiger partial charge in [-0.05, 0) is 43.4 Å². The molecule has 2 atom stereocenters. The summed E-state index contributed by atoms with van der Waals surface area (Å²) in [6.45, 7) is 6.24. The summed E-state index contributed by atoms with van der Waals surface area (Å²) in [4.78, 5) is 32.3. The van der Waals surface area contributed by atoms with Gasteiger partial charge in [-0.3, -0.25) is 4.79 Å². The van der Waals surface area contributed by atoms with Crippen molar-refractivity contribution in [1.82, 2.24) is 10.2 Å². The van der Waals surface area contributed by atoms with Crippen LogP contribution < -0.4 is 5.32 Å². The van der Waals surface area contributed by atoms with Gasteiger partial charge in [-0.2, -0.15) is 0 Å². The average Bonchev–Trinajstić information content (AvgIpc) is 3.15. The summed E-state index contributed by atoms with van der Waals surface area (Å²) in [6.07, 6.45) is 1.04. The number of hydrogen-bond acceptors (Lipinski definition) is 7. The maximum Gasteiger partial charge on any atom is 0.338 e. The lowest BCUT2D eigenvalue weighted by molar-refractivity contribution is -0.141. The van der Waals surface area contributed by atoms with E-state index in [2.05, 4.69) is 10.3 Å². The number of methoxy groups -OCH3 is 1. The number of allylic oxidation sites excluding steroid dienone is 1. The van der Waals surface area contributed by atoms with Crippen molar-refractivity contribution in [2.24, 2.45) is 4.99 Å². The van der Waals surface area contributed by atoms with E-state index in [1.54, 1.807) is 26.2 Å². The largest absolute Gasteiger partial charge is 0.460 e. The molecule has 0 fully saturated rings. The standard InChI is InChI=1S/C23H28ClN3O4S/c1-5-14(2)25-19(28)12-18-13-32-23-26-15(3)20(22(29)31-11-10-30-4)21(27(18)23)16-6-8-17(24)9-7-16/h6-9,13-14,21H,5,10-12H2,1-4H3,(H,25,28). The highest BCUT2D eigenvalue weighted by Gasteiger charge is 2.41. The Balaban J connectivity index is 1.95. The fraction of sp³-hybridized carbons (Fsp3) is 0.435. The molecule has 172 valence electrons. The molecule has 0 bridgehead atoms. The molecule has 2 unspecified atom stereocenters. The number of fused-ring (bicyclic) bond motifs is 1. The third-order valence-corrected chi connectivity index (χ3v) is 6.43. The van der Waals surface area contributed by atoms with Crippen LogP contribution in [0.2, 0.25) is 5.02 Å². The van der Waals surface area contributed by atoms with Gasteiger partial charge >= 0.3 is 5.97 Å². The Hall–Kier alpha value is -2.29. The lowest BCUT2D eigenvalue weighted by atomic mass is 9.94. The van der Waals surface area contributed by atoms with E-state index in [-0.39, 0.29) is 25.0 Å². The Morgan fingerprint density at radius 1 is 1.28 bits per heavy atom. The van der Waals surface area contributed by atoms with Crippen LogP contribution in [-0.4, -0.2) is 48.3 Å². The second-order valence-electron chi connectivity index (χ2n) is 7.63. The van der Waals surface area contributed by atoms with E-state index in [0.717, 1.165) is 22.8 Å². The number of thioether (sulfide) groups is 1. The van der Waals surface area contributed by atoms with Gasteiger partial charge in [0.1, 0.15) is 6.61 Å². The van der Waals surface area contributed by atoms with E-state index < -0.39 is 12.0 Å². The molecule has 1 N–H and O–H groups in total. The average molecular weight is 478 g/mol. The highest BCUT2D eigenvalue weighted by atomic mass is 35.5. The van der Waals surface area contributed by atoms with Crippen LogP contribution >= 0.6 is 23.4 Å². The van der Waals surface area contributed by atoms with E-state index >= 15 is 0 Å². The number of nitrogens with zero attached hydrogens (tertiary/aromatic N) is 2. The number of ether oxygens (including phenoxy) is 2. The summed E-state index contributed by atoms with van der Waals surface area (Å²) in [5.41, 5.74) is 2.66. The van der Waals surface area contributed by atoms with E-state index in [1.165, 1.54) is 11.8 Å². The lowest BCUT2D eigenvalue weighted by Crippen LogP contribution is -2.39. The molecule has 1 aromatic rings. The third-order valence-electron chi connectivity index (χ3n) is 5.29. The molecule has 0 spiro atoms. The Kier molecular flexibility index (Phi) is 8.39. The van der Waals surface area contributed by atoms with Crippen molar-refractivity contribution in [3.63, 3.8) is 0 Å². The first-order chi connectivity index (χ1) is 15.3. The second-order valence-corrected chi connectivity index (χ2v) is 8.90. The first-order valence-electron chi connectivity index (χ1n) is 10.5. The zero-order chi connectivity index (χ0) is 23.3. The number of nitrogens with one attached hydrogen (secondary N) is 1. The topological polar surface area (TPSA) is 80.2 Å². The van der Waals surface area contributed by atoms with Crippen molar-refractivity contribution in [2.75, 3.05) is 20.3 Å². The molecule has 32 heavy (non-hydrogen) atoms. The molecule has 1 aromatic carbocycles. The molecule has 7 nitrogen and oxygen atoms in total. The predicted octanol–water partition coefficient (Wildman–Crippen LogP) is 4.41. The smallest absolute Gasteiger partial charge is 0.338 e. The van der Waals surface area contributed by atoms with Gasteiger partial charge in [-0.15, -0.1) is 0 Å². The van der Waals surface area contributed by atoms with Crippen LogP contribution in [-0.2, 0) is 19.1 Å². The number of rotatable bonds is 9. The number of hydrogen-bond donors (Lipinski definition) is 1. The molecule has 0 saturated carbocycles. The summed E-state index contributed by atoms with van der Waals surface area (Å²) < 4.78 is 10.4. The molecule has 0 aromatic heterocycles. The third kappa shape index (κ3) is 5.54. The van der Waals surface area contributed by atoms with Crippen molar-refractivity contribution in [3.05, 3.63) is 57.2 Å². The molecular formula is C23H28ClN3O4S. The van der Waals surface area contributed by atoms with Crippen molar-refractivity contribution in [3.8, 4) is 0 Å². The number of benzene rings is 1. The van der Waals surface area contributed by atoms with Crippen molar-refractivity contribution in [1.29, 1.82) is 0 Å². The molecule has 2 heterocycles. The summed E-state index contributed by atoms with van der Waals surface area (Å²) in [7, 11) is 1.55. The monoisotopic (exact) mass is 477 g/mol. The first kappa shape index (κ1) is 24.4. The minimum absolute atomic E-state index is 0.0715. The van der Waals surface area contributed by atoms with Crippen LogP contribution in [0.4, 0.5) is 0 Å². The molecule has 3 rings (SSSR count). The van der Waals surface area contributed by atoms with Gasteiger partial charge in [0.05, 0.1) is 30.3 Å². The second kappa shape index (κ2) is 11.0. The van der Waals surface area contributed by atoms with Crippen LogP contribution in [0.3, 0.4) is 0 Å². The maximum absolute atomic E-state index is 13.1. The molecule has 9 heteroatoms. The molecule has 0 aliphatic carbocycles. The van der Waals surface area contributed by atoms with E-state index in [1.807, 2.05) is 36.3 Å². The summed E-state index contributed by atoms with van der Waals surface area (Å²) in [6, 6.07) is 6.94. The van der Waals surface area contributed by atoms with Crippen molar-refractivity contribution >= 4 is 40.4 Å². The van der Waals surface area contributed by atoms with Crippen LogP contribution in [0.1, 0.15) is 45.2 Å². The van der Waals surface area contributed by atoms with Gasteiger partial charge in [0.2, 0.25) is 5.91 Å². The van der Waals surface area contributed by atoms with Crippen LogP contribution in [0.25, 0.3) is 0 Å². The Morgan fingerprint density at radius 3 is 2.66 bits per heavy atom. The molecule has 2 aliphatic heterocycles. The highest BCUT2D eigenvalue weighted by Crippen LogP contribution is 2.44. The Labute approximate surface area is 197 Å². The summed E-state index contributed by atoms with van der Waals surface area (Å²) in [5.74, 6) is -0.527. The van der Waals surface area contributed by atoms with Gasteiger partial charge in [0, 0.05) is 23.9 Å². The SMILES string of the molecule is CCC(C)NC(=O)CC1=CSC2=NC(C)=C(C(=O)OCCOC)C(c3ccc(Cl)cc3)N12. The van der Waals surface area contributed by atoms with E-state index in [4.69, 9.17) is 21.1 Å². The minimum Gasteiger partial charge on any atom is -0.460 e. The van der Waals surface area contributed by atoms with E-state index in [0.29, 0.717) is 22.9 Å². The van der Waals surface area contributed by atoms with Gasteiger partial charge in [0.25, 0.3) is 0 Å². The quantitative estimate of drug-likeness (QED) is 0.419. The van der Waals surface area contributed by atoms with Gasteiger partial charge < -0.3 is 19.7 Å². The molecule has 1 amide bonds. The zero-order valence-electron chi connectivity index (χ0n) is 18.7. The van der Waals surface area contributed by atoms with Gasteiger partial charge in [0.15, 0.2) is 5.17 Å². The fourth-order valence-electron chi connectivity index (χ4n) is 3.48. The molecule has 0 radical (unpaired) electrons. The molecular weight excluding hydrogens is 450 g/mol. The normalized spacial score (nSPS) is 18.7. The number of esters is 1. The molecule has 0 saturated heterocycles. The maximum atomic E-state index is 13.1. The van der Waals surface area contributed by atoms with Crippen LogP contribution in [0, 0.1) is 0 Å². The molecule has 2 aliphatic rings. The minimum atomic E-state index is -0.479. The summed E-state index contributed by atoms with van der Waals surface area (Å²) >= 11 is 7.55. The fourth-order valence-corrected chi connectivity index (χ4v) is 4.57. The number of amides is 1. The number of aliphatic imine (C=N–C) groups is 1. The van der Waals surface area contributed by atoms with Gasteiger partial charge in [-0.1, -0.05) is 42.4 Å². The van der Waals surface area contributed by atoms with Crippen molar-refractivity contribution in [2.45, 2.75) is 45.7 Å². The lowest BCUT2D eigenvalue weighted by Gasteiger charge is -2.36. The highest BCUT2D eigenvalue weighted by molar-refractivity contribution is 8.16. The number of carbonyl (C=O) groups is 2. The van der Waals surface area contributed by atoms with E-state index in [9.17, 15) is 9.59 Å². The number of halogens is 1. The Morgan fingerprint density at radius 2 is 2.00 bits per heavy atom. The van der Waals surface area contributed by atoms with Crippen molar-refractivity contribution < 1.29 is 19.1 Å². The van der Waals surface area contributed by atoms with Gasteiger partial charge in [-0.25, -0.2) is 9.79 Å². The number of amidine groups is 1. The van der Waals surface area contributed by atoms with Crippen LogP contribution in [0.15, 0.2) is 51.6 Å². The first-order valence-corrected chi connectivity index (χ1v) is 11.8. The number of carbonyl (C=O) groups excluding carboxylic acids is 2. The zero-order valence-corrected chi connectivity index (χ0v) is 20.3. The summed E-state index contributed by atoms with van der Waals surface area (Å²) in [5, 5.41) is 6.25. The van der Waals surface area contributed by atoms with Crippen LogP contribution in [0.5, 0.6) is 0 Å². The predicted molar refractivity (Wildman–Crippen MR) is 127 cm³/mol.